The van der Waals surface area contributed by atoms with Crippen molar-refractivity contribution >= 4 is 6.03 Å². The van der Waals surface area contributed by atoms with Crippen LogP contribution in [0.1, 0.15) is 18.1 Å². The number of hydrogen-bond donors (Lipinski definition) is 2. The van der Waals surface area contributed by atoms with Crippen LogP contribution in [0.5, 0.6) is 11.6 Å². The number of aromatic nitrogens is 1. The number of nitrogens with one attached hydrogen (secondary N) is 2. The second kappa shape index (κ2) is 7.68. The molecule has 0 saturated heterocycles. The van der Waals surface area contributed by atoms with Gasteiger partial charge in [-0.1, -0.05) is 24.3 Å². The number of rotatable bonds is 6. The zero-order valence-corrected chi connectivity index (χ0v) is 13.6. The lowest BCUT2D eigenvalue weighted by molar-refractivity contribution is 0.213. The minimum atomic E-state index is -0.235. The molecule has 1 aromatic carbocycles. The van der Waals surface area contributed by atoms with Gasteiger partial charge >= 0.3 is 6.03 Å². The highest BCUT2D eigenvalue weighted by atomic mass is 16.5. The Morgan fingerprint density at radius 3 is 3.00 bits per heavy atom. The number of ether oxygens (including phenoxy) is 2. The van der Waals surface area contributed by atoms with Crippen LogP contribution < -0.4 is 20.1 Å². The third-order valence-corrected chi connectivity index (χ3v) is 3.77. The van der Waals surface area contributed by atoms with Gasteiger partial charge in [0.25, 0.3) is 0 Å². The molecule has 2 heterocycles. The highest BCUT2D eigenvalue weighted by Gasteiger charge is 2.22. The van der Waals surface area contributed by atoms with Gasteiger partial charge in [-0.25, -0.2) is 9.78 Å². The summed E-state index contributed by atoms with van der Waals surface area (Å²) in [5, 5.41) is 5.66. The van der Waals surface area contributed by atoms with Crippen molar-refractivity contribution < 1.29 is 14.3 Å². The van der Waals surface area contributed by atoms with Crippen molar-refractivity contribution in [1.82, 2.24) is 15.6 Å². The fourth-order valence-corrected chi connectivity index (χ4v) is 2.64. The van der Waals surface area contributed by atoms with E-state index in [1.807, 2.05) is 43.3 Å². The molecule has 0 unspecified atom stereocenters. The average molecular weight is 327 g/mol. The van der Waals surface area contributed by atoms with Crippen molar-refractivity contribution in [3.8, 4) is 11.6 Å². The molecule has 0 bridgehead atoms. The van der Waals surface area contributed by atoms with E-state index in [0.717, 1.165) is 17.7 Å². The molecule has 6 nitrogen and oxygen atoms in total. The summed E-state index contributed by atoms with van der Waals surface area (Å²) < 4.78 is 11.2. The van der Waals surface area contributed by atoms with Crippen LogP contribution in [-0.2, 0) is 13.0 Å². The summed E-state index contributed by atoms with van der Waals surface area (Å²) in [6.07, 6.45) is 2.46. The number of urea groups is 1. The Labute approximate surface area is 141 Å². The van der Waals surface area contributed by atoms with E-state index in [0.29, 0.717) is 25.6 Å². The molecule has 2 N–H and O–H groups in total. The van der Waals surface area contributed by atoms with Crippen LogP contribution in [0.3, 0.4) is 0 Å². The van der Waals surface area contributed by atoms with E-state index in [9.17, 15) is 4.79 Å². The number of hydrogen-bond acceptors (Lipinski definition) is 4. The largest absolute Gasteiger partial charge is 0.488 e. The Bertz CT molecular complexity index is 680. The summed E-state index contributed by atoms with van der Waals surface area (Å²) in [5.74, 6) is 1.45. The number of nitrogens with zero attached hydrogens (tertiary/aromatic N) is 1. The van der Waals surface area contributed by atoms with E-state index in [2.05, 4.69) is 15.6 Å². The van der Waals surface area contributed by atoms with E-state index in [4.69, 9.17) is 9.47 Å². The lowest BCUT2D eigenvalue weighted by Crippen LogP contribution is -2.40. The molecule has 0 spiro atoms. The zero-order chi connectivity index (χ0) is 16.8. The molecule has 0 saturated carbocycles. The molecule has 126 valence electrons. The highest BCUT2D eigenvalue weighted by molar-refractivity contribution is 5.73. The third-order valence-electron chi connectivity index (χ3n) is 3.77. The van der Waals surface area contributed by atoms with Crippen molar-refractivity contribution in [2.24, 2.45) is 0 Å². The van der Waals surface area contributed by atoms with Crippen LogP contribution in [0.15, 0.2) is 42.6 Å². The van der Waals surface area contributed by atoms with Gasteiger partial charge in [0.2, 0.25) is 5.88 Å². The minimum absolute atomic E-state index is 0.0227. The number of benzene rings is 1. The van der Waals surface area contributed by atoms with Crippen LogP contribution in [0.2, 0.25) is 0 Å². The van der Waals surface area contributed by atoms with E-state index < -0.39 is 0 Å². The topological polar surface area (TPSA) is 72.5 Å². The molecule has 6 heteroatoms. The molecule has 2 aromatic rings. The molecular formula is C18H21N3O3. The second-order valence-corrected chi connectivity index (χ2v) is 5.52. The van der Waals surface area contributed by atoms with Crippen LogP contribution >= 0.6 is 0 Å². The lowest BCUT2D eigenvalue weighted by atomic mass is 10.1. The van der Waals surface area contributed by atoms with E-state index in [-0.39, 0.29) is 12.1 Å². The van der Waals surface area contributed by atoms with Gasteiger partial charge in [0, 0.05) is 24.7 Å². The van der Waals surface area contributed by atoms with E-state index >= 15 is 0 Å². The van der Waals surface area contributed by atoms with Gasteiger partial charge in [0.05, 0.1) is 13.2 Å². The Balaban J connectivity index is 1.44. The predicted molar refractivity (Wildman–Crippen MR) is 90.2 cm³/mol. The van der Waals surface area contributed by atoms with Gasteiger partial charge < -0.3 is 20.1 Å². The molecule has 1 aliphatic rings. The smallest absolute Gasteiger partial charge is 0.315 e. The molecule has 0 aliphatic carbocycles. The van der Waals surface area contributed by atoms with Gasteiger partial charge in [-0.05, 0) is 24.6 Å². The van der Waals surface area contributed by atoms with Crippen LogP contribution in [0.25, 0.3) is 0 Å². The summed E-state index contributed by atoms with van der Waals surface area (Å²) in [4.78, 5) is 16.1. The van der Waals surface area contributed by atoms with Crippen molar-refractivity contribution in [3.05, 3.63) is 53.7 Å². The van der Waals surface area contributed by atoms with E-state index in [1.54, 1.807) is 6.20 Å². The Hall–Kier alpha value is -2.76. The quantitative estimate of drug-likeness (QED) is 0.854. The number of pyridine rings is 1. The number of carbonyl (C=O) groups excluding carboxylic acids is 1. The second-order valence-electron chi connectivity index (χ2n) is 5.52. The van der Waals surface area contributed by atoms with Crippen LogP contribution in [-0.4, -0.2) is 30.3 Å². The number of fused-ring (bicyclic) bond motifs is 1. The first-order valence-corrected chi connectivity index (χ1v) is 8.09. The molecule has 2 amide bonds. The van der Waals surface area contributed by atoms with Gasteiger partial charge in [-0.2, -0.15) is 0 Å². The fourth-order valence-electron chi connectivity index (χ4n) is 2.64. The van der Waals surface area contributed by atoms with Crippen molar-refractivity contribution in [1.29, 1.82) is 0 Å². The summed E-state index contributed by atoms with van der Waals surface area (Å²) >= 11 is 0. The monoisotopic (exact) mass is 327 g/mol. The fraction of sp³-hybridized carbons (Fsp3) is 0.333. The molecule has 1 aliphatic heterocycles. The highest BCUT2D eigenvalue weighted by Crippen LogP contribution is 2.27. The van der Waals surface area contributed by atoms with Crippen molar-refractivity contribution in [2.75, 3.05) is 13.2 Å². The number of amides is 2. The van der Waals surface area contributed by atoms with Crippen LogP contribution in [0, 0.1) is 0 Å². The maximum Gasteiger partial charge on any atom is 0.315 e. The maximum atomic E-state index is 12.0. The predicted octanol–water partition coefficient (Wildman–Crippen LogP) is 2.28. The lowest BCUT2D eigenvalue weighted by Gasteiger charge is -2.13. The molecule has 1 atom stereocenters. The summed E-state index contributed by atoms with van der Waals surface area (Å²) in [6.45, 7) is 3.26. The standard InChI is InChI=1S/C18H21N3O3/c1-2-23-17-14(7-5-9-19-17)11-20-18(22)21-12-15-10-13-6-3-4-8-16(13)24-15/h3-9,15H,2,10-12H2,1H3,(H2,20,21,22)/t15-/m0/s1. The van der Waals surface area contributed by atoms with Gasteiger partial charge in [-0.15, -0.1) is 0 Å². The van der Waals surface area contributed by atoms with Crippen LogP contribution in [0.4, 0.5) is 4.79 Å². The SMILES string of the molecule is CCOc1ncccc1CNC(=O)NC[C@@H]1Cc2ccccc2O1. The molecule has 0 radical (unpaired) electrons. The molecule has 0 fully saturated rings. The van der Waals surface area contributed by atoms with Gasteiger partial charge in [0.15, 0.2) is 0 Å². The first-order chi connectivity index (χ1) is 11.8. The summed E-state index contributed by atoms with van der Waals surface area (Å²) in [6, 6.07) is 11.4. The first-order valence-electron chi connectivity index (χ1n) is 8.09. The van der Waals surface area contributed by atoms with Crippen molar-refractivity contribution in [2.45, 2.75) is 26.0 Å². The molecule has 1 aromatic heterocycles. The van der Waals surface area contributed by atoms with E-state index in [1.165, 1.54) is 5.56 Å². The third kappa shape index (κ3) is 3.95. The number of para-hydroxylation sites is 1. The van der Waals surface area contributed by atoms with Gasteiger partial charge in [-0.3, -0.25) is 0 Å². The number of carbonyl (C=O) groups is 1. The normalized spacial score (nSPS) is 15.3. The molecule has 3 rings (SSSR count). The summed E-state index contributed by atoms with van der Waals surface area (Å²) in [5.41, 5.74) is 2.03. The minimum Gasteiger partial charge on any atom is -0.488 e. The maximum absolute atomic E-state index is 12.0. The molecule has 24 heavy (non-hydrogen) atoms. The molecular weight excluding hydrogens is 306 g/mol. The zero-order valence-electron chi connectivity index (χ0n) is 13.6. The summed E-state index contributed by atoms with van der Waals surface area (Å²) in [7, 11) is 0. The Kier molecular flexibility index (Phi) is 5.15. The van der Waals surface area contributed by atoms with Crippen molar-refractivity contribution in [3.63, 3.8) is 0 Å². The Morgan fingerprint density at radius 2 is 2.17 bits per heavy atom. The first kappa shape index (κ1) is 16.1. The average Bonchev–Trinajstić information content (AvgIpc) is 3.02. The van der Waals surface area contributed by atoms with Gasteiger partial charge in [0.1, 0.15) is 11.9 Å². The Morgan fingerprint density at radius 1 is 1.29 bits per heavy atom.